The van der Waals surface area contributed by atoms with Crippen molar-refractivity contribution in [3.63, 3.8) is 0 Å². The van der Waals surface area contributed by atoms with E-state index in [1.165, 1.54) is 31.2 Å². The molecular weight excluding hydrogens is 622 g/mol. The number of halogens is 7. The molecule has 0 bridgehead atoms. The fourth-order valence-electron chi connectivity index (χ4n) is 3.95. The molecule has 0 spiro atoms. The molecule has 0 saturated heterocycles. The van der Waals surface area contributed by atoms with Gasteiger partial charge in [0.15, 0.2) is 0 Å². The summed E-state index contributed by atoms with van der Waals surface area (Å²) in [4.78, 5) is 37.4. The lowest BCUT2D eigenvalue weighted by atomic mass is 10.1. The maximum atomic E-state index is 14.1. The molecule has 1 saturated carbocycles. The summed E-state index contributed by atoms with van der Waals surface area (Å²) in [6, 6.07) is 11.3. The van der Waals surface area contributed by atoms with Gasteiger partial charge in [-0.2, -0.15) is 0 Å². The molecule has 1 aliphatic carbocycles. The minimum absolute atomic E-state index is 0.0112. The first-order valence-corrected chi connectivity index (χ1v) is 13.1. The third-order valence-electron chi connectivity index (χ3n) is 5.70. The molecule has 0 radical (unpaired) electrons. The van der Waals surface area contributed by atoms with E-state index in [0.717, 1.165) is 6.07 Å². The Morgan fingerprint density at radius 2 is 1.53 bits per heavy atom. The maximum Gasteiger partial charge on any atom is 0.257 e. The van der Waals surface area contributed by atoms with Gasteiger partial charge in [-0.25, -0.2) is 4.39 Å². The van der Waals surface area contributed by atoms with Gasteiger partial charge in [0, 0.05) is 28.6 Å². The van der Waals surface area contributed by atoms with Gasteiger partial charge < -0.3 is 16.0 Å². The van der Waals surface area contributed by atoms with E-state index < -0.39 is 39.7 Å². The second kappa shape index (κ2) is 11.1. The van der Waals surface area contributed by atoms with Crippen molar-refractivity contribution in [1.29, 1.82) is 0 Å². The molecule has 38 heavy (non-hydrogen) atoms. The van der Waals surface area contributed by atoms with E-state index in [0.29, 0.717) is 15.6 Å². The molecule has 3 aromatic rings. The molecule has 0 aliphatic heterocycles. The fraction of sp³-hybridized carbons (Fsp3) is 0.160. The predicted molar refractivity (Wildman–Crippen MR) is 151 cm³/mol. The number of amides is 3. The van der Waals surface area contributed by atoms with E-state index in [-0.39, 0.29) is 32.7 Å². The minimum Gasteiger partial charge on any atom is -0.326 e. The van der Waals surface area contributed by atoms with Crippen LogP contribution in [0.1, 0.15) is 28.8 Å². The number of hydrogen-bond acceptors (Lipinski definition) is 3. The lowest BCUT2D eigenvalue weighted by molar-refractivity contribution is -0.117. The highest BCUT2D eigenvalue weighted by Gasteiger charge is 2.67. The quantitative estimate of drug-likeness (QED) is 0.238. The highest BCUT2D eigenvalue weighted by atomic mass is 35.5. The van der Waals surface area contributed by atoms with E-state index >= 15 is 0 Å². The average molecular weight is 638 g/mol. The van der Waals surface area contributed by atoms with Crippen LogP contribution in [-0.4, -0.2) is 22.1 Å². The second-order valence-electron chi connectivity index (χ2n) is 8.44. The monoisotopic (exact) mass is 635 g/mol. The zero-order valence-electron chi connectivity index (χ0n) is 19.1. The zero-order valence-corrected chi connectivity index (χ0v) is 23.7. The number of hydrogen-bond donors (Lipinski definition) is 3. The summed E-state index contributed by atoms with van der Waals surface area (Å²) >= 11 is 37.4. The van der Waals surface area contributed by atoms with Crippen LogP contribution in [-0.2, 0) is 9.59 Å². The Balaban J connectivity index is 1.53. The van der Waals surface area contributed by atoms with Crippen LogP contribution in [0.3, 0.4) is 0 Å². The summed E-state index contributed by atoms with van der Waals surface area (Å²) in [5.41, 5.74) is 0.589. The first-order chi connectivity index (χ1) is 17.8. The highest BCUT2D eigenvalue weighted by Crippen LogP contribution is 2.65. The molecule has 3 N–H and O–H groups in total. The van der Waals surface area contributed by atoms with Gasteiger partial charge in [0.05, 0.1) is 32.9 Å². The van der Waals surface area contributed by atoms with Crippen LogP contribution in [0.2, 0.25) is 20.1 Å². The normalized spacial score (nSPS) is 17.5. The van der Waals surface area contributed by atoms with Crippen molar-refractivity contribution < 1.29 is 18.8 Å². The fourth-order valence-corrected chi connectivity index (χ4v) is 5.77. The highest BCUT2D eigenvalue weighted by molar-refractivity contribution is 6.53. The van der Waals surface area contributed by atoms with Crippen LogP contribution in [0, 0.1) is 11.7 Å². The SMILES string of the molecule is CC(=O)Nc1c(F)ccc(NC(=O)c2cc(NC(=O)C3C(c4cc(Cl)cc(Cl)c4)C3(Cl)Cl)ccc2Cl)c1Cl. The Morgan fingerprint density at radius 3 is 2.16 bits per heavy atom. The number of carbonyl (C=O) groups excluding carboxylic acids is 3. The molecule has 1 aliphatic rings. The third-order valence-corrected chi connectivity index (χ3v) is 7.80. The van der Waals surface area contributed by atoms with Crippen molar-refractivity contribution >= 4 is 104 Å². The first-order valence-electron chi connectivity index (χ1n) is 10.8. The topological polar surface area (TPSA) is 87.3 Å². The molecule has 6 nitrogen and oxygen atoms in total. The van der Waals surface area contributed by atoms with Crippen LogP contribution in [0.5, 0.6) is 0 Å². The molecule has 1 fully saturated rings. The standard InChI is InChI=1S/C25H16Cl6FN3O3/c1-10(36)33-22-17(32)4-5-18(21(22)29)35-23(37)15-9-14(2-3-16(15)28)34-24(38)20-19(25(20,30)31)11-6-12(26)8-13(27)7-11/h2-9,19-20H,1H3,(H,33,36)(H,34,38)(H,35,37). The van der Waals surface area contributed by atoms with Crippen LogP contribution in [0.15, 0.2) is 48.5 Å². The zero-order chi connectivity index (χ0) is 27.9. The van der Waals surface area contributed by atoms with Gasteiger partial charge in [0.2, 0.25) is 11.8 Å². The van der Waals surface area contributed by atoms with Crippen molar-refractivity contribution in [2.24, 2.45) is 5.92 Å². The molecule has 2 unspecified atom stereocenters. The molecule has 3 amide bonds. The Morgan fingerprint density at radius 1 is 0.868 bits per heavy atom. The number of anilines is 3. The molecule has 2 atom stereocenters. The van der Waals surface area contributed by atoms with E-state index in [9.17, 15) is 18.8 Å². The first kappa shape index (κ1) is 28.7. The minimum atomic E-state index is -1.39. The van der Waals surface area contributed by atoms with E-state index in [1.807, 2.05) is 0 Å². The summed E-state index contributed by atoms with van der Waals surface area (Å²) < 4.78 is 12.7. The van der Waals surface area contributed by atoms with E-state index in [1.54, 1.807) is 18.2 Å². The molecule has 4 rings (SSSR count). The summed E-state index contributed by atoms with van der Waals surface area (Å²) in [6.45, 7) is 1.19. The van der Waals surface area contributed by atoms with Crippen molar-refractivity contribution in [2.75, 3.05) is 16.0 Å². The third kappa shape index (κ3) is 5.98. The lowest BCUT2D eigenvalue weighted by Gasteiger charge is -2.13. The van der Waals surface area contributed by atoms with Gasteiger partial charge in [-0.05, 0) is 54.1 Å². The van der Waals surface area contributed by atoms with Crippen LogP contribution in [0.25, 0.3) is 0 Å². The van der Waals surface area contributed by atoms with Gasteiger partial charge in [0.1, 0.15) is 10.2 Å². The average Bonchev–Trinajstić information content (AvgIpc) is 3.41. The van der Waals surface area contributed by atoms with Crippen molar-refractivity contribution in [3.8, 4) is 0 Å². The number of rotatable bonds is 6. The summed E-state index contributed by atoms with van der Waals surface area (Å²) in [7, 11) is 0. The van der Waals surface area contributed by atoms with Crippen LogP contribution >= 0.6 is 69.6 Å². The molecule has 3 aromatic carbocycles. The summed E-state index contributed by atoms with van der Waals surface area (Å²) in [6.07, 6.45) is 0. The Kier molecular flexibility index (Phi) is 8.38. The lowest BCUT2D eigenvalue weighted by Crippen LogP contribution is -2.18. The van der Waals surface area contributed by atoms with Crippen molar-refractivity contribution in [2.45, 2.75) is 17.2 Å². The van der Waals surface area contributed by atoms with Gasteiger partial charge in [-0.1, -0.05) is 46.4 Å². The van der Waals surface area contributed by atoms with Gasteiger partial charge >= 0.3 is 0 Å². The Hall–Kier alpha value is -2.26. The smallest absolute Gasteiger partial charge is 0.257 e. The van der Waals surface area contributed by atoms with Crippen molar-refractivity contribution in [1.82, 2.24) is 0 Å². The molecule has 13 heteroatoms. The Labute approximate surface area is 246 Å². The Bertz CT molecular complexity index is 1460. The largest absolute Gasteiger partial charge is 0.326 e. The molecule has 0 heterocycles. The number of carbonyl (C=O) groups is 3. The van der Waals surface area contributed by atoms with Crippen LogP contribution in [0.4, 0.5) is 21.5 Å². The molecule has 0 aromatic heterocycles. The second-order valence-corrected chi connectivity index (χ2v) is 11.5. The van der Waals surface area contributed by atoms with E-state index in [2.05, 4.69) is 16.0 Å². The predicted octanol–water partition coefficient (Wildman–Crippen LogP) is 8.18. The van der Waals surface area contributed by atoms with Gasteiger partial charge in [-0.3, -0.25) is 14.4 Å². The van der Waals surface area contributed by atoms with Crippen LogP contribution < -0.4 is 16.0 Å². The maximum absolute atomic E-state index is 14.1. The van der Waals surface area contributed by atoms with Gasteiger partial charge in [0.25, 0.3) is 5.91 Å². The van der Waals surface area contributed by atoms with Crippen molar-refractivity contribution in [3.05, 3.63) is 85.6 Å². The molecular formula is C25H16Cl6FN3O3. The number of alkyl halides is 2. The summed E-state index contributed by atoms with van der Waals surface area (Å²) in [5, 5.41) is 8.10. The number of benzene rings is 3. The molecule has 198 valence electrons. The van der Waals surface area contributed by atoms with E-state index in [4.69, 9.17) is 69.6 Å². The summed E-state index contributed by atoms with van der Waals surface area (Å²) in [5.74, 6) is -3.90. The number of nitrogens with one attached hydrogen (secondary N) is 3. The van der Waals surface area contributed by atoms with Gasteiger partial charge in [-0.15, -0.1) is 23.2 Å².